The van der Waals surface area contributed by atoms with Crippen LogP contribution in [0.5, 0.6) is 0 Å². The van der Waals surface area contributed by atoms with Gasteiger partial charge in [0.05, 0.1) is 11.3 Å². The largest absolute Gasteiger partial charge is 0.340 e. The number of halogens is 1. The molecular weight excluding hydrogens is 223 g/mol. The monoisotopic (exact) mass is 232 g/mol. The van der Waals surface area contributed by atoms with Crippen molar-refractivity contribution >= 4 is 17.5 Å². The van der Waals surface area contributed by atoms with E-state index in [0.717, 1.165) is 6.07 Å². The van der Waals surface area contributed by atoms with E-state index in [1.807, 2.05) is 0 Å². The Labute approximate surface area is 97.2 Å². The predicted octanol–water partition coefficient (Wildman–Crippen LogP) is 0.877. The summed E-state index contributed by atoms with van der Waals surface area (Å²) in [5.41, 5.74) is 0.108. The van der Waals surface area contributed by atoms with E-state index in [-0.39, 0.29) is 16.8 Å². The highest BCUT2D eigenvalue weighted by Crippen LogP contribution is 2.25. The molecule has 1 aromatic carbocycles. The third kappa shape index (κ3) is 1.74. The molecule has 4 nitrogen and oxygen atoms in total. The molecular formula is C12H9FN2O2. The number of hydrogen-bond acceptors (Lipinski definition) is 2. The number of anilines is 1. The Bertz CT molecular complexity index is 560. The van der Waals surface area contributed by atoms with Crippen LogP contribution in [-0.2, 0) is 4.79 Å². The zero-order valence-electron chi connectivity index (χ0n) is 9.00. The van der Waals surface area contributed by atoms with Crippen LogP contribution in [0.3, 0.4) is 0 Å². The van der Waals surface area contributed by atoms with Gasteiger partial charge in [-0.2, -0.15) is 0 Å². The van der Waals surface area contributed by atoms with Crippen LogP contribution in [0.25, 0.3) is 0 Å². The van der Waals surface area contributed by atoms with Crippen LogP contribution in [0.4, 0.5) is 10.1 Å². The van der Waals surface area contributed by atoms with Crippen molar-refractivity contribution < 1.29 is 14.0 Å². The van der Waals surface area contributed by atoms with Gasteiger partial charge in [-0.1, -0.05) is 5.92 Å². The fourth-order valence-electron chi connectivity index (χ4n) is 1.62. The van der Waals surface area contributed by atoms with Crippen LogP contribution >= 0.6 is 0 Å². The van der Waals surface area contributed by atoms with Gasteiger partial charge in [-0.25, -0.2) is 4.39 Å². The third-order valence-corrected chi connectivity index (χ3v) is 2.53. The number of terminal acetylenes is 1. The summed E-state index contributed by atoms with van der Waals surface area (Å²) in [6.45, 7) is 1.51. The minimum absolute atomic E-state index is 0.0550. The number of benzene rings is 1. The lowest BCUT2D eigenvalue weighted by molar-refractivity contribution is -0.117. The second-order valence-electron chi connectivity index (χ2n) is 3.67. The third-order valence-electron chi connectivity index (χ3n) is 2.53. The molecule has 86 valence electrons. The molecule has 1 aromatic rings. The normalized spacial score (nSPS) is 18.5. The lowest BCUT2D eigenvalue weighted by Crippen LogP contribution is -2.38. The van der Waals surface area contributed by atoms with E-state index >= 15 is 0 Å². The summed E-state index contributed by atoms with van der Waals surface area (Å²) < 4.78 is 13.6. The van der Waals surface area contributed by atoms with Crippen molar-refractivity contribution in [2.75, 3.05) is 5.32 Å². The van der Waals surface area contributed by atoms with E-state index in [1.165, 1.54) is 13.0 Å². The summed E-state index contributed by atoms with van der Waals surface area (Å²) >= 11 is 0. The molecule has 1 aliphatic rings. The molecule has 1 atom stereocenters. The molecule has 0 aliphatic carbocycles. The van der Waals surface area contributed by atoms with Crippen molar-refractivity contribution in [2.45, 2.75) is 13.0 Å². The molecule has 1 unspecified atom stereocenters. The predicted molar refractivity (Wildman–Crippen MR) is 59.9 cm³/mol. The first kappa shape index (κ1) is 11.1. The molecule has 0 saturated heterocycles. The Morgan fingerprint density at radius 1 is 1.41 bits per heavy atom. The van der Waals surface area contributed by atoms with Gasteiger partial charge in [0, 0.05) is 5.56 Å². The highest BCUT2D eigenvalue weighted by Gasteiger charge is 2.28. The molecule has 2 rings (SSSR count). The zero-order chi connectivity index (χ0) is 12.6. The van der Waals surface area contributed by atoms with Crippen molar-refractivity contribution in [3.8, 4) is 12.3 Å². The van der Waals surface area contributed by atoms with Crippen molar-refractivity contribution in [1.82, 2.24) is 5.32 Å². The SMILES string of the molecule is C#Cc1ccc(F)c2c1NC(=O)C(C)NC2=O. The minimum Gasteiger partial charge on any atom is -0.340 e. The molecule has 0 bridgehead atoms. The lowest BCUT2D eigenvalue weighted by atomic mass is 10.1. The molecule has 1 aliphatic heterocycles. The average molecular weight is 232 g/mol. The van der Waals surface area contributed by atoms with Gasteiger partial charge in [-0.05, 0) is 19.1 Å². The number of hydrogen-bond donors (Lipinski definition) is 2. The quantitative estimate of drug-likeness (QED) is 0.652. The number of amides is 2. The Morgan fingerprint density at radius 2 is 2.12 bits per heavy atom. The van der Waals surface area contributed by atoms with Crippen LogP contribution in [-0.4, -0.2) is 17.9 Å². The van der Waals surface area contributed by atoms with Gasteiger partial charge in [0.1, 0.15) is 11.9 Å². The van der Waals surface area contributed by atoms with Crippen LogP contribution in [0.15, 0.2) is 12.1 Å². The molecule has 0 aromatic heterocycles. The second kappa shape index (κ2) is 3.91. The zero-order valence-corrected chi connectivity index (χ0v) is 9.00. The van der Waals surface area contributed by atoms with E-state index < -0.39 is 23.7 Å². The molecule has 0 saturated carbocycles. The Kier molecular flexibility index (Phi) is 2.56. The maximum absolute atomic E-state index is 13.6. The van der Waals surface area contributed by atoms with Crippen molar-refractivity contribution in [2.24, 2.45) is 0 Å². The van der Waals surface area contributed by atoms with E-state index in [4.69, 9.17) is 6.42 Å². The van der Waals surface area contributed by atoms with Crippen molar-refractivity contribution in [3.05, 3.63) is 29.1 Å². The van der Waals surface area contributed by atoms with Crippen LogP contribution < -0.4 is 10.6 Å². The maximum atomic E-state index is 13.6. The summed E-state index contributed by atoms with van der Waals surface area (Å²) in [5, 5.41) is 4.84. The maximum Gasteiger partial charge on any atom is 0.257 e. The first-order valence-electron chi connectivity index (χ1n) is 4.95. The average Bonchev–Trinajstić information content (AvgIpc) is 2.38. The number of carbonyl (C=O) groups excluding carboxylic acids is 2. The van der Waals surface area contributed by atoms with Crippen molar-refractivity contribution in [1.29, 1.82) is 0 Å². The molecule has 0 spiro atoms. The van der Waals surface area contributed by atoms with Crippen LogP contribution in [0.1, 0.15) is 22.8 Å². The smallest absolute Gasteiger partial charge is 0.257 e. The lowest BCUT2D eigenvalue weighted by Gasteiger charge is -2.08. The Morgan fingerprint density at radius 3 is 2.76 bits per heavy atom. The van der Waals surface area contributed by atoms with Gasteiger partial charge in [-0.3, -0.25) is 9.59 Å². The number of carbonyl (C=O) groups is 2. The van der Waals surface area contributed by atoms with Crippen LogP contribution in [0.2, 0.25) is 0 Å². The minimum atomic E-state index is -0.736. The number of nitrogens with one attached hydrogen (secondary N) is 2. The van der Waals surface area contributed by atoms with Gasteiger partial charge in [0.2, 0.25) is 5.91 Å². The first-order chi connectivity index (χ1) is 8.04. The van der Waals surface area contributed by atoms with Crippen molar-refractivity contribution in [3.63, 3.8) is 0 Å². The van der Waals surface area contributed by atoms with Gasteiger partial charge in [-0.15, -0.1) is 6.42 Å². The van der Waals surface area contributed by atoms with Gasteiger partial charge in [0.15, 0.2) is 0 Å². The van der Waals surface area contributed by atoms with Crippen LogP contribution in [0, 0.1) is 18.2 Å². The summed E-state index contributed by atoms with van der Waals surface area (Å²) in [5.74, 6) is 0.504. The van der Waals surface area contributed by atoms with Gasteiger partial charge < -0.3 is 10.6 Å². The van der Waals surface area contributed by atoms with E-state index in [2.05, 4.69) is 16.6 Å². The molecule has 0 fully saturated rings. The molecule has 17 heavy (non-hydrogen) atoms. The molecule has 1 heterocycles. The topological polar surface area (TPSA) is 58.2 Å². The molecule has 0 radical (unpaired) electrons. The molecule has 5 heteroatoms. The highest BCUT2D eigenvalue weighted by atomic mass is 19.1. The van der Waals surface area contributed by atoms with Gasteiger partial charge >= 0.3 is 0 Å². The van der Waals surface area contributed by atoms with Gasteiger partial charge in [0.25, 0.3) is 5.91 Å². The summed E-state index contributed by atoms with van der Waals surface area (Å²) in [4.78, 5) is 23.3. The fourth-order valence-corrected chi connectivity index (χ4v) is 1.62. The summed E-state index contributed by atoms with van der Waals surface area (Å²) in [7, 11) is 0. The fraction of sp³-hybridized carbons (Fsp3) is 0.167. The summed E-state index contributed by atoms with van der Waals surface area (Å²) in [6, 6.07) is 1.72. The Hall–Kier alpha value is -2.35. The molecule has 2 N–H and O–H groups in total. The van der Waals surface area contributed by atoms with E-state index in [9.17, 15) is 14.0 Å². The number of rotatable bonds is 0. The number of fused-ring (bicyclic) bond motifs is 1. The standard InChI is InChI=1S/C12H9FN2O2/c1-3-7-4-5-8(13)9-10(7)15-11(16)6(2)14-12(9)17/h1,4-6H,2H3,(H,14,17)(H,15,16). The highest BCUT2D eigenvalue weighted by molar-refractivity contribution is 6.10. The Balaban J connectivity index is 2.69. The van der Waals surface area contributed by atoms with E-state index in [0.29, 0.717) is 0 Å². The first-order valence-corrected chi connectivity index (χ1v) is 4.95. The second-order valence-corrected chi connectivity index (χ2v) is 3.67. The summed E-state index contributed by atoms with van der Waals surface area (Å²) in [6.07, 6.45) is 5.25. The van der Waals surface area contributed by atoms with E-state index in [1.54, 1.807) is 0 Å². The molecule has 2 amide bonds.